The SMILES string of the molecule is COc1ccc(CNc2nccc(C#N)n2)cn1. The van der Waals surface area contributed by atoms with Gasteiger partial charge in [-0.2, -0.15) is 5.26 Å². The van der Waals surface area contributed by atoms with Crippen molar-refractivity contribution in [2.24, 2.45) is 0 Å². The van der Waals surface area contributed by atoms with Gasteiger partial charge in [0.05, 0.1) is 7.11 Å². The van der Waals surface area contributed by atoms with Crippen molar-refractivity contribution in [2.45, 2.75) is 6.54 Å². The average molecular weight is 241 g/mol. The van der Waals surface area contributed by atoms with Crippen molar-refractivity contribution in [1.29, 1.82) is 5.26 Å². The zero-order valence-electron chi connectivity index (χ0n) is 9.79. The van der Waals surface area contributed by atoms with Crippen LogP contribution in [0.4, 0.5) is 5.95 Å². The fourth-order valence-electron chi connectivity index (χ4n) is 1.32. The number of nitriles is 1. The topological polar surface area (TPSA) is 83.7 Å². The van der Waals surface area contributed by atoms with Gasteiger partial charge < -0.3 is 10.1 Å². The quantitative estimate of drug-likeness (QED) is 0.870. The third-order valence-corrected chi connectivity index (χ3v) is 2.23. The van der Waals surface area contributed by atoms with Crippen molar-refractivity contribution in [3.05, 3.63) is 41.9 Å². The van der Waals surface area contributed by atoms with E-state index in [0.717, 1.165) is 5.56 Å². The predicted octanol–water partition coefficient (Wildman–Crippen LogP) is 1.36. The third kappa shape index (κ3) is 2.92. The Balaban J connectivity index is 2.00. The molecular weight excluding hydrogens is 230 g/mol. The van der Waals surface area contributed by atoms with Gasteiger partial charge in [-0.15, -0.1) is 0 Å². The largest absolute Gasteiger partial charge is 0.481 e. The molecule has 0 saturated heterocycles. The lowest BCUT2D eigenvalue weighted by atomic mass is 10.3. The number of rotatable bonds is 4. The molecule has 2 rings (SSSR count). The van der Waals surface area contributed by atoms with Crippen LogP contribution in [0.1, 0.15) is 11.3 Å². The number of nitrogens with one attached hydrogen (secondary N) is 1. The van der Waals surface area contributed by atoms with E-state index in [-0.39, 0.29) is 0 Å². The van der Waals surface area contributed by atoms with Crippen LogP contribution < -0.4 is 10.1 Å². The highest BCUT2D eigenvalue weighted by Crippen LogP contribution is 2.08. The monoisotopic (exact) mass is 241 g/mol. The highest BCUT2D eigenvalue weighted by molar-refractivity contribution is 5.31. The van der Waals surface area contributed by atoms with E-state index in [1.807, 2.05) is 12.1 Å². The summed E-state index contributed by atoms with van der Waals surface area (Å²) < 4.78 is 4.97. The molecule has 0 aliphatic carbocycles. The number of aromatic nitrogens is 3. The average Bonchev–Trinajstić information content (AvgIpc) is 2.46. The molecule has 0 atom stereocenters. The van der Waals surface area contributed by atoms with Crippen LogP contribution >= 0.6 is 0 Å². The maximum atomic E-state index is 8.71. The number of pyridine rings is 1. The number of hydrogen-bond acceptors (Lipinski definition) is 6. The van der Waals surface area contributed by atoms with Crippen molar-refractivity contribution in [1.82, 2.24) is 15.0 Å². The van der Waals surface area contributed by atoms with Crippen LogP contribution in [0.15, 0.2) is 30.6 Å². The minimum Gasteiger partial charge on any atom is -0.481 e. The maximum Gasteiger partial charge on any atom is 0.224 e. The van der Waals surface area contributed by atoms with Gasteiger partial charge >= 0.3 is 0 Å². The summed E-state index contributed by atoms with van der Waals surface area (Å²) in [7, 11) is 1.57. The first-order valence-corrected chi connectivity index (χ1v) is 5.28. The molecule has 90 valence electrons. The van der Waals surface area contributed by atoms with E-state index in [1.165, 1.54) is 0 Å². The molecule has 18 heavy (non-hydrogen) atoms. The number of anilines is 1. The molecular formula is C12H11N5O. The van der Waals surface area contributed by atoms with E-state index in [2.05, 4.69) is 20.3 Å². The molecule has 2 aromatic rings. The second-order valence-corrected chi connectivity index (χ2v) is 3.44. The number of ether oxygens (including phenoxy) is 1. The summed E-state index contributed by atoms with van der Waals surface area (Å²) in [4.78, 5) is 12.1. The minimum atomic E-state index is 0.334. The van der Waals surface area contributed by atoms with Crippen molar-refractivity contribution < 1.29 is 4.74 Å². The lowest BCUT2D eigenvalue weighted by Gasteiger charge is -2.05. The molecule has 0 saturated carbocycles. The lowest BCUT2D eigenvalue weighted by Crippen LogP contribution is -2.04. The van der Waals surface area contributed by atoms with Crippen LogP contribution in [0, 0.1) is 11.3 Å². The van der Waals surface area contributed by atoms with E-state index < -0.39 is 0 Å². The van der Waals surface area contributed by atoms with E-state index in [4.69, 9.17) is 10.00 Å². The first-order valence-electron chi connectivity index (χ1n) is 5.28. The minimum absolute atomic E-state index is 0.334. The fourth-order valence-corrected chi connectivity index (χ4v) is 1.32. The second-order valence-electron chi connectivity index (χ2n) is 3.44. The molecule has 0 amide bonds. The summed E-state index contributed by atoms with van der Waals surface area (Å²) in [5, 5.41) is 11.7. The van der Waals surface area contributed by atoms with Crippen molar-refractivity contribution in [2.75, 3.05) is 12.4 Å². The van der Waals surface area contributed by atoms with E-state index >= 15 is 0 Å². The van der Waals surface area contributed by atoms with Gasteiger partial charge in [-0.25, -0.2) is 15.0 Å². The normalized spacial score (nSPS) is 9.56. The number of hydrogen-bond donors (Lipinski definition) is 1. The fraction of sp³-hybridized carbons (Fsp3) is 0.167. The summed E-state index contributed by atoms with van der Waals surface area (Å²) in [6.45, 7) is 0.534. The molecule has 0 bridgehead atoms. The molecule has 6 heteroatoms. The van der Waals surface area contributed by atoms with Crippen LogP contribution in [-0.4, -0.2) is 22.1 Å². The summed E-state index contributed by atoms with van der Waals surface area (Å²) >= 11 is 0. The summed E-state index contributed by atoms with van der Waals surface area (Å²) in [6, 6.07) is 7.19. The molecule has 0 radical (unpaired) electrons. The molecule has 0 fully saturated rings. The van der Waals surface area contributed by atoms with Gasteiger partial charge in [0.2, 0.25) is 11.8 Å². The molecule has 2 heterocycles. The van der Waals surface area contributed by atoms with Crippen LogP contribution in [-0.2, 0) is 6.54 Å². The smallest absolute Gasteiger partial charge is 0.224 e. The predicted molar refractivity (Wildman–Crippen MR) is 64.9 cm³/mol. The summed E-state index contributed by atoms with van der Waals surface area (Å²) in [5.41, 5.74) is 1.31. The molecule has 0 aliphatic rings. The molecule has 2 aromatic heterocycles. The molecule has 0 spiro atoms. The Morgan fingerprint density at radius 1 is 1.33 bits per heavy atom. The van der Waals surface area contributed by atoms with Gasteiger partial charge in [0.1, 0.15) is 11.8 Å². The zero-order valence-corrected chi connectivity index (χ0v) is 9.79. The van der Waals surface area contributed by atoms with Crippen LogP contribution in [0.25, 0.3) is 0 Å². The van der Waals surface area contributed by atoms with Crippen molar-refractivity contribution in [3.8, 4) is 11.9 Å². The van der Waals surface area contributed by atoms with Crippen molar-refractivity contribution >= 4 is 5.95 Å². The number of nitrogens with zero attached hydrogens (tertiary/aromatic N) is 4. The molecule has 0 aliphatic heterocycles. The maximum absolute atomic E-state index is 8.71. The standard InChI is InChI=1S/C12H11N5O/c1-18-11-3-2-9(7-15-11)8-16-12-14-5-4-10(6-13)17-12/h2-5,7H,8H2,1H3,(H,14,16,17). The summed E-state index contributed by atoms with van der Waals surface area (Å²) in [6.07, 6.45) is 3.25. The number of methoxy groups -OCH3 is 1. The van der Waals surface area contributed by atoms with Gasteiger partial charge in [-0.3, -0.25) is 0 Å². The Kier molecular flexibility index (Phi) is 3.66. The van der Waals surface area contributed by atoms with Crippen LogP contribution in [0.5, 0.6) is 5.88 Å². The van der Waals surface area contributed by atoms with Crippen molar-refractivity contribution in [3.63, 3.8) is 0 Å². The van der Waals surface area contributed by atoms with E-state index in [9.17, 15) is 0 Å². The van der Waals surface area contributed by atoms with E-state index in [1.54, 1.807) is 31.6 Å². The zero-order chi connectivity index (χ0) is 12.8. The second kappa shape index (κ2) is 5.59. The van der Waals surface area contributed by atoms with Gasteiger partial charge in [-0.05, 0) is 11.6 Å². The molecule has 0 unspecified atom stereocenters. The van der Waals surface area contributed by atoms with Gasteiger partial charge in [-0.1, -0.05) is 6.07 Å². The Bertz CT molecular complexity index is 561. The highest BCUT2D eigenvalue weighted by atomic mass is 16.5. The molecule has 6 nitrogen and oxygen atoms in total. The van der Waals surface area contributed by atoms with Crippen LogP contribution in [0.3, 0.4) is 0 Å². The highest BCUT2D eigenvalue weighted by Gasteiger charge is 1.99. The Morgan fingerprint density at radius 2 is 2.22 bits per heavy atom. The summed E-state index contributed by atoms with van der Waals surface area (Å²) in [5.74, 6) is 0.992. The first kappa shape index (κ1) is 11.8. The Morgan fingerprint density at radius 3 is 2.89 bits per heavy atom. The van der Waals surface area contributed by atoms with E-state index in [0.29, 0.717) is 24.1 Å². The third-order valence-electron chi connectivity index (χ3n) is 2.23. The Labute approximate surface area is 104 Å². The van der Waals surface area contributed by atoms with Gasteiger partial charge in [0.25, 0.3) is 0 Å². The Hall–Kier alpha value is -2.68. The first-order chi connectivity index (χ1) is 8.81. The van der Waals surface area contributed by atoms with Crippen LogP contribution in [0.2, 0.25) is 0 Å². The van der Waals surface area contributed by atoms with Gasteiger partial charge in [0.15, 0.2) is 0 Å². The van der Waals surface area contributed by atoms with Gasteiger partial charge in [0, 0.05) is 25.0 Å². The molecule has 1 N–H and O–H groups in total. The molecule has 0 aromatic carbocycles. The lowest BCUT2D eigenvalue weighted by molar-refractivity contribution is 0.397.